The second-order valence-electron chi connectivity index (χ2n) is 9.61. The number of hydrazone groups is 1. The van der Waals surface area contributed by atoms with E-state index in [1.165, 1.54) is 24.5 Å². The Hall–Kier alpha value is -5.25. The van der Waals surface area contributed by atoms with E-state index in [4.69, 9.17) is 28.0 Å². The summed E-state index contributed by atoms with van der Waals surface area (Å²) in [5.41, 5.74) is 4.75. The number of fused-ring (bicyclic) bond motifs is 4. The molecule has 1 atom stereocenters. The number of nitrogens with zero attached hydrogens (tertiary/aromatic N) is 3. The number of benzene rings is 2. The molecule has 2 amide bonds. The van der Waals surface area contributed by atoms with Gasteiger partial charge in [-0.1, -0.05) is 30.5 Å². The van der Waals surface area contributed by atoms with Gasteiger partial charge in [0, 0.05) is 57.0 Å². The predicted molar refractivity (Wildman–Crippen MR) is 173 cm³/mol. The highest BCUT2D eigenvalue weighted by molar-refractivity contribution is 6.30. The summed E-state index contributed by atoms with van der Waals surface area (Å²) in [5.74, 6) is 10.8. The largest absolute Gasteiger partial charge is 0.453 e. The first-order valence-corrected chi connectivity index (χ1v) is 14.0. The van der Waals surface area contributed by atoms with Gasteiger partial charge in [0.05, 0.1) is 12.8 Å². The number of terminal acetylenes is 1. The number of nitrogens with one attached hydrogen (secondary N) is 3. The van der Waals surface area contributed by atoms with Crippen molar-refractivity contribution in [1.82, 2.24) is 5.32 Å². The second-order valence-corrected chi connectivity index (χ2v) is 10.0. The van der Waals surface area contributed by atoms with Crippen molar-refractivity contribution in [3.05, 3.63) is 77.1 Å². The van der Waals surface area contributed by atoms with E-state index in [9.17, 15) is 14.8 Å². The zero-order valence-corrected chi connectivity index (χ0v) is 25.0. The molecule has 0 unspecified atom stereocenters. The van der Waals surface area contributed by atoms with Crippen molar-refractivity contribution >= 4 is 53.1 Å². The number of anilines is 3. The molecule has 0 saturated heterocycles. The average molecular weight is 620 g/mol. The molecule has 0 spiro atoms. The SMILES string of the molecule is C#C.COC(=O)Nc1ccc2c(c1)NCCCCC[C@H](NC(=O)/C=C/c1cc(Cl)ccc1N(N)/C=N\N)c1cc-2cc[n+]1O. The molecule has 13 heteroatoms. The number of carbonyl (C=O) groups excluding carboxylic acids is 2. The summed E-state index contributed by atoms with van der Waals surface area (Å²) in [5, 5.41) is 25.1. The molecule has 0 radical (unpaired) electrons. The van der Waals surface area contributed by atoms with E-state index in [2.05, 4.69) is 33.9 Å². The molecule has 1 aliphatic rings. The van der Waals surface area contributed by atoms with Gasteiger partial charge in [-0.3, -0.25) is 20.3 Å². The number of hydrogen-bond donors (Lipinski definition) is 6. The molecular weight excluding hydrogens is 584 g/mol. The van der Waals surface area contributed by atoms with Gasteiger partial charge in [-0.25, -0.2) is 10.6 Å². The van der Waals surface area contributed by atoms with Crippen LogP contribution in [0.15, 0.2) is 65.9 Å². The molecule has 1 aliphatic heterocycles. The summed E-state index contributed by atoms with van der Waals surface area (Å²) in [4.78, 5) is 24.9. The number of hydrazine groups is 1. The number of rotatable bonds is 6. The molecule has 44 heavy (non-hydrogen) atoms. The Morgan fingerprint density at radius 3 is 2.73 bits per heavy atom. The van der Waals surface area contributed by atoms with Crippen molar-refractivity contribution in [2.24, 2.45) is 16.8 Å². The fourth-order valence-corrected chi connectivity index (χ4v) is 4.89. The van der Waals surface area contributed by atoms with Gasteiger partial charge in [-0.2, -0.15) is 5.10 Å². The maximum atomic E-state index is 13.1. The molecular formula is C31H36ClN8O4+. The average Bonchev–Trinajstić information content (AvgIpc) is 3.02. The molecule has 230 valence electrons. The zero-order valence-electron chi connectivity index (χ0n) is 24.2. The van der Waals surface area contributed by atoms with E-state index in [0.29, 0.717) is 34.1 Å². The fraction of sp³-hybridized carbons (Fsp3) is 0.226. The minimum atomic E-state index is -0.560. The minimum Gasteiger partial charge on any atom is -0.453 e. The minimum absolute atomic E-state index is 0.361. The topological polar surface area (TPSA) is 171 Å². The normalized spacial score (nSPS) is 14.5. The lowest BCUT2D eigenvalue weighted by atomic mass is 9.98. The van der Waals surface area contributed by atoms with Crippen molar-refractivity contribution in [2.75, 3.05) is 29.3 Å². The number of pyridine rings is 1. The summed E-state index contributed by atoms with van der Waals surface area (Å²) in [6.07, 6.45) is 16.4. The number of halogens is 1. The number of nitrogens with two attached hydrogens (primary N) is 2. The van der Waals surface area contributed by atoms with Crippen molar-refractivity contribution in [3.63, 3.8) is 0 Å². The summed E-state index contributed by atoms with van der Waals surface area (Å²) in [6, 6.07) is 13.7. The maximum Gasteiger partial charge on any atom is 0.411 e. The van der Waals surface area contributed by atoms with Gasteiger partial charge in [0.1, 0.15) is 12.4 Å². The van der Waals surface area contributed by atoms with Crippen LogP contribution < -0.4 is 37.4 Å². The Labute approximate surface area is 261 Å². The quantitative estimate of drug-likeness (QED) is 0.0344. The molecule has 1 aromatic heterocycles. The summed E-state index contributed by atoms with van der Waals surface area (Å²) in [6.45, 7) is 0.725. The number of amides is 2. The Morgan fingerprint density at radius 2 is 1.98 bits per heavy atom. The molecule has 3 aromatic rings. The molecule has 12 nitrogen and oxygen atoms in total. The van der Waals surface area contributed by atoms with E-state index in [0.717, 1.165) is 47.4 Å². The molecule has 2 heterocycles. The molecule has 8 N–H and O–H groups in total. The van der Waals surface area contributed by atoms with Gasteiger partial charge >= 0.3 is 6.09 Å². The molecule has 2 aromatic carbocycles. The first-order valence-electron chi connectivity index (χ1n) is 13.7. The fourth-order valence-electron chi connectivity index (χ4n) is 4.71. The third kappa shape index (κ3) is 8.87. The summed E-state index contributed by atoms with van der Waals surface area (Å²) >= 11 is 6.17. The number of hydrogen-bond acceptors (Lipinski definition) is 8. The summed E-state index contributed by atoms with van der Waals surface area (Å²) < 4.78 is 5.74. The molecule has 0 saturated carbocycles. The maximum absolute atomic E-state index is 13.1. The van der Waals surface area contributed by atoms with Gasteiger partial charge in [-0.05, 0) is 54.8 Å². The van der Waals surface area contributed by atoms with E-state index in [1.807, 2.05) is 18.2 Å². The lowest BCUT2D eigenvalue weighted by Crippen LogP contribution is -2.41. The van der Waals surface area contributed by atoms with Gasteiger partial charge < -0.3 is 21.2 Å². The standard InChI is InChI=1S/C29H33ClN8O4.C2H2/c1-42-29(40)35-22-8-9-23-19-12-14-38(41)27(16-19)24(5-3-2-4-13-33-25(23)17-22)36-28(39)11-6-20-15-21(30)7-10-26(20)37(32)18-34-31;1-2/h6-12,14-18,24,41H,2-5,13,31-32H2,1H3,(H2,33,35,36,39,40);1-2H/p+1/b11-6+,23-19?,34-18-;/t24-;/m0./s1. The molecule has 4 rings (SSSR count). The number of aromatic nitrogens is 1. The smallest absolute Gasteiger partial charge is 0.411 e. The number of carbonyl (C=O) groups is 2. The number of methoxy groups -OCH3 is 1. The zero-order chi connectivity index (χ0) is 32.1. The third-order valence-electron chi connectivity index (χ3n) is 6.76. The van der Waals surface area contributed by atoms with Crippen LogP contribution >= 0.6 is 11.6 Å². The van der Waals surface area contributed by atoms with Gasteiger partial charge in [0.2, 0.25) is 12.1 Å². The van der Waals surface area contributed by atoms with E-state index in [-0.39, 0.29) is 5.91 Å². The van der Waals surface area contributed by atoms with Gasteiger partial charge in [-0.15, -0.1) is 12.8 Å². The van der Waals surface area contributed by atoms with E-state index < -0.39 is 12.1 Å². The van der Waals surface area contributed by atoms with Crippen molar-refractivity contribution in [3.8, 4) is 24.0 Å². The van der Waals surface area contributed by atoms with E-state index in [1.54, 1.807) is 42.6 Å². The lowest BCUT2D eigenvalue weighted by molar-refractivity contribution is -0.910. The second kappa shape index (κ2) is 16.4. The predicted octanol–water partition coefficient (Wildman–Crippen LogP) is 4.40. The molecule has 2 bridgehead atoms. The van der Waals surface area contributed by atoms with Crippen LogP contribution in [0.5, 0.6) is 0 Å². The van der Waals surface area contributed by atoms with Crippen LogP contribution in [0.4, 0.5) is 21.9 Å². The molecule has 0 aliphatic carbocycles. The van der Waals surface area contributed by atoms with Crippen LogP contribution in [0.1, 0.15) is 43.0 Å². The Balaban J connectivity index is 0.00000259. The lowest BCUT2D eigenvalue weighted by Gasteiger charge is -2.19. The van der Waals surface area contributed by atoms with E-state index >= 15 is 0 Å². The highest BCUT2D eigenvalue weighted by Gasteiger charge is 2.26. The Kier molecular flexibility index (Phi) is 12.4. The Morgan fingerprint density at radius 1 is 1.18 bits per heavy atom. The van der Waals surface area contributed by atoms with Crippen LogP contribution in [-0.4, -0.2) is 37.2 Å². The van der Waals surface area contributed by atoms with Gasteiger partial charge in [0.25, 0.3) is 5.69 Å². The third-order valence-corrected chi connectivity index (χ3v) is 6.99. The monoisotopic (exact) mass is 619 g/mol. The van der Waals surface area contributed by atoms with Crippen LogP contribution in [-0.2, 0) is 9.53 Å². The van der Waals surface area contributed by atoms with Crippen molar-refractivity contribution < 1.29 is 24.3 Å². The first-order chi connectivity index (χ1) is 21.3. The van der Waals surface area contributed by atoms with Crippen LogP contribution in [0.25, 0.3) is 17.2 Å². The molecule has 0 fully saturated rings. The Bertz CT molecular complexity index is 1540. The van der Waals surface area contributed by atoms with Crippen LogP contribution in [0.3, 0.4) is 0 Å². The van der Waals surface area contributed by atoms with Gasteiger partial charge in [0.15, 0.2) is 0 Å². The van der Waals surface area contributed by atoms with Crippen LogP contribution in [0.2, 0.25) is 5.02 Å². The number of ether oxygens (including phenoxy) is 1. The highest BCUT2D eigenvalue weighted by Crippen LogP contribution is 2.33. The van der Waals surface area contributed by atoms with Crippen molar-refractivity contribution in [2.45, 2.75) is 31.7 Å². The highest BCUT2D eigenvalue weighted by atomic mass is 35.5. The van der Waals surface area contributed by atoms with Crippen molar-refractivity contribution in [1.29, 1.82) is 0 Å². The van der Waals surface area contributed by atoms with Crippen LogP contribution in [0, 0.1) is 12.8 Å². The summed E-state index contributed by atoms with van der Waals surface area (Å²) in [7, 11) is 1.31. The first kappa shape index (κ1) is 33.3.